The molecule has 6 nitrogen and oxygen atoms in total. The van der Waals surface area contributed by atoms with Crippen LogP contribution in [0.2, 0.25) is 0 Å². The van der Waals surface area contributed by atoms with Crippen molar-refractivity contribution >= 4 is 17.2 Å². The lowest BCUT2D eigenvalue weighted by Gasteiger charge is -2.06. The van der Waals surface area contributed by atoms with Gasteiger partial charge in [-0.2, -0.15) is 5.10 Å². The van der Waals surface area contributed by atoms with E-state index in [2.05, 4.69) is 20.6 Å². The Labute approximate surface area is 91.2 Å². The van der Waals surface area contributed by atoms with Crippen LogP contribution in [-0.2, 0) is 11.2 Å². The number of rotatable bonds is 4. The third kappa shape index (κ3) is 2.40. The maximum absolute atomic E-state index is 6.01. The maximum atomic E-state index is 6.01. The van der Waals surface area contributed by atoms with Crippen LogP contribution in [0.4, 0.5) is 0 Å². The van der Waals surface area contributed by atoms with Gasteiger partial charge in [-0.15, -0.1) is 21.3 Å². The number of methoxy groups -OCH3 is 1. The van der Waals surface area contributed by atoms with Gasteiger partial charge < -0.3 is 4.74 Å². The summed E-state index contributed by atoms with van der Waals surface area (Å²) >= 11 is 6.01. The van der Waals surface area contributed by atoms with Crippen LogP contribution in [0.15, 0.2) is 12.1 Å². The summed E-state index contributed by atoms with van der Waals surface area (Å²) in [5.41, 5.74) is 1.46. The van der Waals surface area contributed by atoms with Crippen LogP contribution in [-0.4, -0.2) is 44.3 Å². The van der Waals surface area contributed by atoms with Crippen LogP contribution >= 0.6 is 11.6 Å². The zero-order chi connectivity index (χ0) is 10.7. The highest BCUT2D eigenvalue weighted by Crippen LogP contribution is 2.06. The van der Waals surface area contributed by atoms with Crippen LogP contribution in [0.5, 0.6) is 0 Å². The van der Waals surface area contributed by atoms with Crippen molar-refractivity contribution in [1.82, 2.24) is 25.3 Å². The number of halogens is 1. The normalized spacial score (nSPS) is 13.2. The highest BCUT2D eigenvalue weighted by molar-refractivity contribution is 6.20. The van der Waals surface area contributed by atoms with Crippen LogP contribution < -0.4 is 0 Å². The first-order valence-corrected chi connectivity index (χ1v) is 4.90. The number of fused-ring (bicyclic) bond motifs is 1. The van der Waals surface area contributed by atoms with Crippen molar-refractivity contribution in [3.63, 3.8) is 0 Å². The SMILES string of the molecule is COCC(Cl)Cc1ccc2nnnn2n1. The molecular weight excluding hydrogens is 218 g/mol. The van der Waals surface area contributed by atoms with Gasteiger partial charge in [-0.25, -0.2) is 0 Å². The second-order valence-electron chi connectivity index (χ2n) is 3.11. The predicted octanol–water partition coefficient (Wildman–Crippen LogP) is 0.316. The first-order chi connectivity index (χ1) is 7.29. The highest BCUT2D eigenvalue weighted by atomic mass is 35.5. The number of alkyl halides is 1. The molecule has 0 spiro atoms. The third-order valence-corrected chi connectivity index (χ3v) is 2.18. The Morgan fingerprint density at radius 3 is 3.20 bits per heavy atom. The standard InChI is InChI=1S/C8H10ClN5O/c1-15-5-6(9)4-7-2-3-8-10-12-13-14(8)11-7/h2-3,6H,4-5H2,1H3. The topological polar surface area (TPSA) is 65.2 Å². The summed E-state index contributed by atoms with van der Waals surface area (Å²) in [7, 11) is 1.62. The lowest BCUT2D eigenvalue weighted by atomic mass is 10.2. The summed E-state index contributed by atoms with van der Waals surface area (Å²) in [6.45, 7) is 0.497. The van der Waals surface area contributed by atoms with Crippen molar-refractivity contribution in [1.29, 1.82) is 0 Å². The Morgan fingerprint density at radius 2 is 2.40 bits per heavy atom. The Kier molecular flexibility index (Phi) is 3.08. The lowest BCUT2D eigenvalue weighted by Crippen LogP contribution is -2.12. The Bertz CT molecular complexity index is 445. The van der Waals surface area contributed by atoms with E-state index < -0.39 is 0 Å². The first kappa shape index (κ1) is 10.3. The van der Waals surface area contributed by atoms with Gasteiger partial charge in [-0.05, 0) is 22.6 Å². The van der Waals surface area contributed by atoms with Gasteiger partial charge in [-0.3, -0.25) is 0 Å². The second kappa shape index (κ2) is 4.50. The molecule has 0 saturated carbocycles. The maximum Gasteiger partial charge on any atom is 0.199 e. The summed E-state index contributed by atoms with van der Waals surface area (Å²) in [5.74, 6) is 0. The molecule has 0 fully saturated rings. The molecule has 80 valence electrons. The van der Waals surface area contributed by atoms with Crippen molar-refractivity contribution in [2.75, 3.05) is 13.7 Å². The molecule has 1 atom stereocenters. The molecule has 0 aliphatic carbocycles. The van der Waals surface area contributed by atoms with E-state index in [-0.39, 0.29) is 5.38 Å². The lowest BCUT2D eigenvalue weighted by molar-refractivity contribution is 0.197. The van der Waals surface area contributed by atoms with Gasteiger partial charge in [0.2, 0.25) is 0 Å². The van der Waals surface area contributed by atoms with Gasteiger partial charge in [0.25, 0.3) is 0 Å². The van der Waals surface area contributed by atoms with E-state index in [4.69, 9.17) is 16.3 Å². The molecule has 2 aromatic heterocycles. The average molecular weight is 228 g/mol. The van der Waals surface area contributed by atoms with E-state index in [1.807, 2.05) is 6.07 Å². The van der Waals surface area contributed by atoms with Crippen molar-refractivity contribution in [2.45, 2.75) is 11.8 Å². The van der Waals surface area contributed by atoms with Gasteiger partial charge in [0.1, 0.15) is 0 Å². The van der Waals surface area contributed by atoms with Crippen LogP contribution in [0.3, 0.4) is 0 Å². The van der Waals surface area contributed by atoms with E-state index in [0.717, 1.165) is 5.69 Å². The summed E-state index contributed by atoms with van der Waals surface area (Å²) in [5, 5.41) is 15.1. The Morgan fingerprint density at radius 1 is 1.53 bits per heavy atom. The fraction of sp³-hybridized carbons (Fsp3) is 0.500. The minimum Gasteiger partial charge on any atom is -0.383 e. The Hall–Kier alpha value is -1.27. The molecule has 2 rings (SSSR count). The van der Waals surface area contributed by atoms with Crippen molar-refractivity contribution in [3.8, 4) is 0 Å². The minimum absolute atomic E-state index is 0.0866. The van der Waals surface area contributed by atoms with E-state index in [9.17, 15) is 0 Å². The highest BCUT2D eigenvalue weighted by Gasteiger charge is 2.08. The molecule has 0 N–H and O–H groups in total. The quantitative estimate of drug-likeness (QED) is 0.704. The smallest absolute Gasteiger partial charge is 0.199 e. The summed E-state index contributed by atoms with van der Waals surface area (Å²) in [6, 6.07) is 3.66. The largest absolute Gasteiger partial charge is 0.383 e. The zero-order valence-electron chi connectivity index (χ0n) is 8.17. The predicted molar refractivity (Wildman–Crippen MR) is 53.8 cm³/mol. The van der Waals surface area contributed by atoms with Gasteiger partial charge in [-0.1, -0.05) is 0 Å². The van der Waals surface area contributed by atoms with E-state index in [0.29, 0.717) is 18.7 Å². The fourth-order valence-electron chi connectivity index (χ4n) is 1.26. The van der Waals surface area contributed by atoms with Gasteiger partial charge in [0, 0.05) is 13.5 Å². The fourth-order valence-corrected chi connectivity index (χ4v) is 1.55. The van der Waals surface area contributed by atoms with Crippen molar-refractivity contribution in [3.05, 3.63) is 17.8 Å². The molecule has 1 unspecified atom stereocenters. The number of aromatic nitrogens is 5. The van der Waals surface area contributed by atoms with E-state index >= 15 is 0 Å². The van der Waals surface area contributed by atoms with E-state index in [1.54, 1.807) is 13.2 Å². The molecule has 7 heteroatoms. The molecule has 0 aliphatic rings. The number of ether oxygens (including phenoxy) is 1. The summed E-state index contributed by atoms with van der Waals surface area (Å²) in [4.78, 5) is 0. The number of nitrogens with zero attached hydrogens (tertiary/aromatic N) is 5. The van der Waals surface area contributed by atoms with Crippen molar-refractivity contribution < 1.29 is 4.74 Å². The summed E-state index contributed by atoms with van der Waals surface area (Å²) < 4.78 is 6.32. The average Bonchev–Trinajstić information content (AvgIpc) is 2.65. The number of hydrogen-bond donors (Lipinski definition) is 0. The molecule has 0 aliphatic heterocycles. The molecule has 0 bridgehead atoms. The third-order valence-electron chi connectivity index (χ3n) is 1.90. The summed E-state index contributed by atoms with van der Waals surface area (Å²) in [6.07, 6.45) is 0.630. The number of tetrazole rings is 1. The second-order valence-corrected chi connectivity index (χ2v) is 3.73. The number of hydrogen-bond acceptors (Lipinski definition) is 5. The van der Waals surface area contributed by atoms with Crippen molar-refractivity contribution in [2.24, 2.45) is 0 Å². The molecule has 2 aromatic rings. The molecule has 0 aromatic carbocycles. The minimum atomic E-state index is -0.0866. The Balaban J connectivity index is 2.14. The molecule has 0 amide bonds. The monoisotopic (exact) mass is 227 g/mol. The molecule has 15 heavy (non-hydrogen) atoms. The van der Waals surface area contributed by atoms with Crippen LogP contribution in [0.1, 0.15) is 5.69 Å². The molecule has 0 saturated heterocycles. The van der Waals surface area contributed by atoms with Gasteiger partial charge in [0.15, 0.2) is 5.65 Å². The van der Waals surface area contributed by atoms with Crippen LogP contribution in [0, 0.1) is 0 Å². The first-order valence-electron chi connectivity index (χ1n) is 4.47. The van der Waals surface area contributed by atoms with Gasteiger partial charge >= 0.3 is 0 Å². The zero-order valence-corrected chi connectivity index (χ0v) is 8.92. The van der Waals surface area contributed by atoms with E-state index in [1.165, 1.54) is 4.63 Å². The molecular formula is C8H10ClN5O. The van der Waals surface area contributed by atoms with Crippen LogP contribution in [0.25, 0.3) is 5.65 Å². The molecule has 2 heterocycles. The molecule has 0 radical (unpaired) electrons. The van der Waals surface area contributed by atoms with Gasteiger partial charge in [0.05, 0.1) is 17.7 Å².